The molecule has 0 bridgehead atoms. The third-order valence-electron chi connectivity index (χ3n) is 1.53. The minimum atomic E-state index is -0.929. The van der Waals surface area contributed by atoms with Crippen molar-refractivity contribution < 1.29 is 9.90 Å². The summed E-state index contributed by atoms with van der Waals surface area (Å²) in [6.07, 6.45) is 0.181. The Morgan fingerprint density at radius 3 is 2.45 bits per heavy atom. The van der Waals surface area contributed by atoms with Crippen molar-refractivity contribution in [1.29, 1.82) is 0 Å². The van der Waals surface area contributed by atoms with E-state index in [4.69, 9.17) is 10.8 Å². The van der Waals surface area contributed by atoms with Crippen molar-refractivity contribution in [2.75, 3.05) is 6.54 Å². The third kappa shape index (κ3) is 3.23. The Labute approximate surface area is 67.0 Å². The number of amides is 1. The molecule has 1 amide bonds. The number of hydrogen-bond donors (Lipinski definition) is 2. The van der Waals surface area contributed by atoms with E-state index in [-0.39, 0.29) is 6.17 Å². The van der Waals surface area contributed by atoms with Crippen LogP contribution in [0.25, 0.3) is 0 Å². The van der Waals surface area contributed by atoms with Gasteiger partial charge in [0.1, 0.15) is 0 Å². The summed E-state index contributed by atoms with van der Waals surface area (Å²) in [6, 6.07) is 0. The van der Waals surface area contributed by atoms with Crippen molar-refractivity contribution in [1.82, 2.24) is 4.90 Å². The van der Waals surface area contributed by atoms with Crippen LogP contribution in [-0.2, 0) is 0 Å². The number of nitrogens with two attached hydrogens (primary N) is 1. The van der Waals surface area contributed by atoms with E-state index >= 15 is 0 Å². The van der Waals surface area contributed by atoms with Gasteiger partial charge in [0.15, 0.2) is 0 Å². The summed E-state index contributed by atoms with van der Waals surface area (Å²) in [7, 11) is 0. The van der Waals surface area contributed by atoms with E-state index in [2.05, 4.69) is 0 Å². The Kier molecular flexibility index (Phi) is 4.61. The highest BCUT2D eigenvalue weighted by Crippen LogP contribution is 1.99. The molecule has 0 heterocycles. The molecule has 0 fully saturated rings. The first-order valence-electron chi connectivity index (χ1n) is 3.88. The predicted molar refractivity (Wildman–Crippen MR) is 43.3 cm³/mol. The molecule has 11 heavy (non-hydrogen) atoms. The summed E-state index contributed by atoms with van der Waals surface area (Å²) in [5.74, 6) is 0. The third-order valence-corrected chi connectivity index (χ3v) is 1.53. The van der Waals surface area contributed by atoms with Crippen LogP contribution < -0.4 is 5.73 Å². The van der Waals surface area contributed by atoms with Crippen LogP contribution in [0.5, 0.6) is 0 Å². The SMILES string of the molecule is CCCN(C(=O)O)C(N)CC. The topological polar surface area (TPSA) is 66.6 Å². The predicted octanol–water partition coefficient (Wildman–Crippen LogP) is 1.07. The van der Waals surface area contributed by atoms with E-state index in [9.17, 15) is 4.79 Å². The summed E-state index contributed by atoms with van der Waals surface area (Å²) in [5, 5.41) is 8.65. The molecule has 4 heteroatoms. The van der Waals surface area contributed by atoms with Crippen LogP contribution in [0.3, 0.4) is 0 Å². The Balaban J connectivity index is 3.97. The number of nitrogens with zero attached hydrogens (tertiary/aromatic N) is 1. The number of carbonyl (C=O) groups is 1. The van der Waals surface area contributed by atoms with Gasteiger partial charge in [0, 0.05) is 6.54 Å². The normalized spacial score (nSPS) is 12.6. The van der Waals surface area contributed by atoms with Crippen molar-refractivity contribution in [3.05, 3.63) is 0 Å². The second kappa shape index (κ2) is 4.96. The molecule has 3 N–H and O–H groups in total. The Hall–Kier alpha value is -0.770. The van der Waals surface area contributed by atoms with Crippen LogP contribution in [0.15, 0.2) is 0 Å². The smallest absolute Gasteiger partial charge is 0.408 e. The maximum absolute atomic E-state index is 10.5. The fraction of sp³-hybridized carbons (Fsp3) is 0.857. The Morgan fingerprint density at radius 2 is 2.18 bits per heavy atom. The van der Waals surface area contributed by atoms with Crippen LogP contribution in [0.4, 0.5) is 4.79 Å². The number of rotatable bonds is 4. The first-order valence-corrected chi connectivity index (χ1v) is 3.88. The molecule has 4 nitrogen and oxygen atoms in total. The molecule has 0 aromatic carbocycles. The van der Waals surface area contributed by atoms with Gasteiger partial charge in [0.2, 0.25) is 0 Å². The molecular formula is C7H16N2O2. The zero-order valence-corrected chi connectivity index (χ0v) is 7.08. The standard InChI is InChI=1S/C7H16N2O2/c1-3-5-9(7(10)11)6(8)4-2/h6H,3-5,8H2,1-2H3,(H,10,11). The van der Waals surface area contributed by atoms with Crippen LogP contribution in [0, 0.1) is 0 Å². The summed E-state index contributed by atoms with van der Waals surface area (Å²) < 4.78 is 0. The molecule has 0 aliphatic heterocycles. The van der Waals surface area contributed by atoms with E-state index in [1.165, 1.54) is 4.90 Å². The first kappa shape index (κ1) is 10.2. The molecule has 0 aromatic heterocycles. The minimum Gasteiger partial charge on any atom is -0.465 e. The average molecular weight is 160 g/mol. The molecule has 66 valence electrons. The Morgan fingerprint density at radius 1 is 1.64 bits per heavy atom. The molecule has 0 radical (unpaired) electrons. The van der Waals surface area contributed by atoms with Gasteiger partial charge in [-0.05, 0) is 12.8 Å². The second-order valence-corrected chi connectivity index (χ2v) is 2.45. The molecule has 0 saturated carbocycles. The van der Waals surface area contributed by atoms with Gasteiger partial charge in [-0.1, -0.05) is 13.8 Å². The largest absolute Gasteiger partial charge is 0.465 e. The molecule has 1 atom stereocenters. The van der Waals surface area contributed by atoms with Gasteiger partial charge >= 0.3 is 6.09 Å². The van der Waals surface area contributed by atoms with Gasteiger partial charge in [0.25, 0.3) is 0 Å². The minimum absolute atomic E-state index is 0.354. The highest BCUT2D eigenvalue weighted by atomic mass is 16.4. The lowest BCUT2D eigenvalue weighted by atomic mass is 10.3. The van der Waals surface area contributed by atoms with Crippen molar-refractivity contribution in [2.45, 2.75) is 32.9 Å². The lowest BCUT2D eigenvalue weighted by molar-refractivity contribution is 0.124. The van der Waals surface area contributed by atoms with E-state index in [0.29, 0.717) is 13.0 Å². The van der Waals surface area contributed by atoms with Crippen molar-refractivity contribution in [2.24, 2.45) is 5.73 Å². The van der Waals surface area contributed by atoms with Crippen molar-refractivity contribution in [3.63, 3.8) is 0 Å². The van der Waals surface area contributed by atoms with Crippen LogP contribution in [0.1, 0.15) is 26.7 Å². The van der Waals surface area contributed by atoms with Crippen LogP contribution >= 0.6 is 0 Å². The van der Waals surface area contributed by atoms with E-state index in [1.54, 1.807) is 0 Å². The lowest BCUT2D eigenvalue weighted by Crippen LogP contribution is -2.45. The van der Waals surface area contributed by atoms with Gasteiger partial charge in [0.05, 0.1) is 6.17 Å². The first-order chi connectivity index (χ1) is 5.13. The summed E-state index contributed by atoms with van der Waals surface area (Å²) in [5.41, 5.74) is 5.55. The summed E-state index contributed by atoms with van der Waals surface area (Å²) in [6.45, 7) is 4.32. The van der Waals surface area contributed by atoms with Gasteiger partial charge in [-0.25, -0.2) is 4.79 Å². The fourth-order valence-corrected chi connectivity index (χ4v) is 0.865. The monoisotopic (exact) mass is 160 g/mol. The van der Waals surface area contributed by atoms with Gasteiger partial charge in [-0.15, -0.1) is 0 Å². The number of hydrogen-bond acceptors (Lipinski definition) is 2. The molecule has 0 saturated heterocycles. The quantitative estimate of drug-likeness (QED) is 0.604. The van der Waals surface area contributed by atoms with Gasteiger partial charge in [-0.2, -0.15) is 0 Å². The molecule has 0 spiro atoms. The molecule has 0 aliphatic carbocycles. The second-order valence-electron chi connectivity index (χ2n) is 2.45. The highest BCUT2D eigenvalue weighted by Gasteiger charge is 2.16. The highest BCUT2D eigenvalue weighted by molar-refractivity contribution is 5.65. The molecule has 1 unspecified atom stereocenters. The fourth-order valence-electron chi connectivity index (χ4n) is 0.865. The van der Waals surface area contributed by atoms with Gasteiger partial charge < -0.3 is 10.8 Å². The Bertz CT molecular complexity index is 128. The zero-order valence-electron chi connectivity index (χ0n) is 7.08. The number of carboxylic acid groups (broad SMARTS) is 1. The van der Waals surface area contributed by atoms with E-state index in [0.717, 1.165) is 6.42 Å². The van der Waals surface area contributed by atoms with Crippen LogP contribution in [0.2, 0.25) is 0 Å². The lowest BCUT2D eigenvalue weighted by Gasteiger charge is -2.24. The molecule has 0 aromatic rings. The summed E-state index contributed by atoms with van der Waals surface area (Å²) in [4.78, 5) is 11.8. The molecular weight excluding hydrogens is 144 g/mol. The molecule has 0 rings (SSSR count). The van der Waals surface area contributed by atoms with E-state index in [1.807, 2.05) is 13.8 Å². The average Bonchev–Trinajstić information content (AvgIpc) is 1.98. The van der Waals surface area contributed by atoms with Crippen molar-refractivity contribution in [3.8, 4) is 0 Å². The van der Waals surface area contributed by atoms with Crippen molar-refractivity contribution >= 4 is 6.09 Å². The maximum Gasteiger partial charge on any atom is 0.408 e. The van der Waals surface area contributed by atoms with Gasteiger partial charge in [-0.3, -0.25) is 4.90 Å². The zero-order chi connectivity index (χ0) is 8.85. The van der Waals surface area contributed by atoms with E-state index < -0.39 is 6.09 Å². The maximum atomic E-state index is 10.5. The summed E-state index contributed by atoms with van der Waals surface area (Å²) >= 11 is 0. The van der Waals surface area contributed by atoms with Crippen LogP contribution in [-0.4, -0.2) is 28.8 Å². The molecule has 0 aliphatic rings.